The topological polar surface area (TPSA) is 69.8 Å². The van der Waals surface area contributed by atoms with Crippen molar-refractivity contribution in [3.63, 3.8) is 0 Å². The van der Waals surface area contributed by atoms with Crippen LogP contribution in [0.25, 0.3) is 0 Å². The summed E-state index contributed by atoms with van der Waals surface area (Å²) in [6.45, 7) is 4.94. The molecular weight excluding hydrogens is 254 g/mol. The van der Waals surface area contributed by atoms with Gasteiger partial charge in [-0.25, -0.2) is 0 Å². The van der Waals surface area contributed by atoms with Crippen molar-refractivity contribution in [2.45, 2.75) is 25.8 Å². The number of nitrogens with zero attached hydrogens (tertiary/aromatic N) is 2. The Balaban J connectivity index is 2.07. The van der Waals surface area contributed by atoms with E-state index in [9.17, 15) is 9.90 Å². The molecule has 5 nitrogen and oxygen atoms in total. The standard InChI is InChI=1S/C15H23N3O2/c1-3-18-9-5-6-11(18)10-17(2)15(20)12-7-4-8-13(16)14(12)19/h4,7-8,11,19H,3,5-6,9-10,16H2,1-2H3. The molecule has 1 fully saturated rings. The van der Waals surface area contributed by atoms with E-state index in [1.54, 1.807) is 30.1 Å². The second kappa shape index (κ2) is 6.13. The molecule has 1 atom stereocenters. The van der Waals surface area contributed by atoms with Crippen LogP contribution in [0.15, 0.2) is 18.2 Å². The van der Waals surface area contributed by atoms with Gasteiger partial charge in [-0.15, -0.1) is 0 Å². The van der Waals surface area contributed by atoms with Crippen LogP contribution in [-0.2, 0) is 0 Å². The number of likely N-dealkylation sites (tertiary alicyclic amines) is 1. The van der Waals surface area contributed by atoms with Crippen LogP contribution in [0.3, 0.4) is 0 Å². The fourth-order valence-electron chi connectivity index (χ4n) is 2.86. The number of nitrogens with two attached hydrogens (primary N) is 1. The number of carbonyl (C=O) groups excluding carboxylic acids is 1. The number of phenols is 1. The fourth-order valence-corrected chi connectivity index (χ4v) is 2.86. The lowest BCUT2D eigenvalue weighted by molar-refractivity contribution is 0.0752. The van der Waals surface area contributed by atoms with Crippen LogP contribution in [0.4, 0.5) is 5.69 Å². The second-order valence-corrected chi connectivity index (χ2v) is 5.35. The molecule has 2 rings (SSSR count). The SMILES string of the molecule is CCN1CCCC1CN(C)C(=O)c1cccc(N)c1O. The zero-order valence-electron chi connectivity index (χ0n) is 12.2. The van der Waals surface area contributed by atoms with Crippen LogP contribution >= 0.6 is 0 Å². The van der Waals surface area contributed by atoms with Gasteiger partial charge in [0, 0.05) is 19.6 Å². The maximum absolute atomic E-state index is 12.4. The van der Waals surface area contributed by atoms with Gasteiger partial charge in [0.15, 0.2) is 5.75 Å². The summed E-state index contributed by atoms with van der Waals surface area (Å²) in [5, 5.41) is 9.89. The number of anilines is 1. The third kappa shape index (κ3) is 2.88. The van der Waals surface area contributed by atoms with Crippen molar-refractivity contribution in [1.82, 2.24) is 9.80 Å². The van der Waals surface area contributed by atoms with Gasteiger partial charge in [-0.2, -0.15) is 0 Å². The lowest BCUT2D eigenvalue weighted by Crippen LogP contribution is -2.41. The lowest BCUT2D eigenvalue weighted by Gasteiger charge is -2.28. The predicted octanol–water partition coefficient (Wildman–Crippen LogP) is 1.53. The van der Waals surface area contributed by atoms with Crippen LogP contribution in [0.1, 0.15) is 30.1 Å². The number of carbonyl (C=O) groups is 1. The van der Waals surface area contributed by atoms with Crippen LogP contribution in [0, 0.1) is 0 Å². The van der Waals surface area contributed by atoms with Crippen molar-refractivity contribution in [3.8, 4) is 5.75 Å². The third-order valence-corrected chi connectivity index (χ3v) is 4.03. The Morgan fingerprint density at radius 2 is 2.30 bits per heavy atom. The first-order chi connectivity index (χ1) is 9.54. The van der Waals surface area contributed by atoms with Crippen LogP contribution < -0.4 is 5.73 Å². The average Bonchev–Trinajstić information content (AvgIpc) is 2.88. The molecule has 0 bridgehead atoms. The summed E-state index contributed by atoms with van der Waals surface area (Å²) in [7, 11) is 1.77. The van der Waals surface area contributed by atoms with Crippen molar-refractivity contribution in [2.75, 3.05) is 32.4 Å². The quantitative estimate of drug-likeness (QED) is 0.647. The molecular formula is C15H23N3O2. The minimum Gasteiger partial charge on any atom is -0.505 e. The minimum absolute atomic E-state index is 0.122. The number of rotatable bonds is 4. The molecule has 0 radical (unpaired) electrons. The summed E-state index contributed by atoms with van der Waals surface area (Å²) in [4.78, 5) is 16.5. The number of hydrogen-bond donors (Lipinski definition) is 2. The van der Waals surface area contributed by atoms with Gasteiger partial charge in [0.25, 0.3) is 5.91 Å². The van der Waals surface area contributed by atoms with E-state index in [0.717, 1.165) is 19.5 Å². The first kappa shape index (κ1) is 14.7. The molecule has 0 aromatic heterocycles. The first-order valence-corrected chi connectivity index (χ1v) is 7.11. The van der Waals surface area contributed by atoms with Crippen molar-refractivity contribution in [2.24, 2.45) is 0 Å². The van der Waals surface area contributed by atoms with Crippen molar-refractivity contribution in [3.05, 3.63) is 23.8 Å². The number of benzene rings is 1. The van der Waals surface area contributed by atoms with Gasteiger partial charge < -0.3 is 15.7 Å². The number of para-hydroxylation sites is 1. The molecule has 1 heterocycles. The molecule has 1 aliphatic rings. The number of aromatic hydroxyl groups is 1. The molecule has 110 valence electrons. The van der Waals surface area contributed by atoms with Gasteiger partial charge in [0.1, 0.15) is 0 Å². The van der Waals surface area contributed by atoms with E-state index in [2.05, 4.69) is 11.8 Å². The molecule has 3 N–H and O–H groups in total. The molecule has 1 unspecified atom stereocenters. The van der Waals surface area contributed by atoms with Gasteiger partial charge >= 0.3 is 0 Å². The summed E-state index contributed by atoms with van der Waals surface area (Å²) >= 11 is 0. The number of nitrogen functional groups attached to an aromatic ring is 1. The molecule has 0 saturated carbocycles. The fraction of sp³-hybridized carbons (Fsp3) is 0.533. The summed E-state index contributed by atoms with van der Waals surface area (Å²) in [5.41, 5.74) is 6.14. The highest BCUT2D eigenvalue weighted by Crippen LogP contribution is 2.26. The van der Waals surface area contributed by atoms with E-state index in [-0.39, 0.29) is 22.9 Å². The van der Waals surface area contributed by atoms with E-state index >= 15 is 0 Å². The van der Waals surface area contributed by atoms with Gasteiger partial charge in [0.2, 0.25) is 0 Å². The molecule has 1 aromatic rings. The van der Waals surface area contributed by atoms with E-state index in [1.165, 1.54) is 6.42 Å². The smallest absolute Gasteiger partial charge is 0.257 e. The van der Waals surface area contributed by atoms with Gasteiger partial charge in [0.05, 0.1) is 11.3 Å². The second-order valence-electron chi connectivity index (χ2n) is 5.35. The molecule has 1 amide bonds. The molecule has 20 heavy (non-hydrogen) atoms. The molecule has 0 spiro atoms. The van der Waals surface area contributed by atoms with E-state index in [1.807, 2.05) is 0 Å². The van der Waals surface area contributed by atoms with Gasteiger partial charge in [-0.1, -0.05) is 13.0 Å². The largest absolute Gasteiger partial charge is 0.505 e. The number of phenolic OH excluding ortho intramolecular Hbond substituents is 1. The Kier molecular flexibility index (Phi) is 4.49. The Bertz CT molecular complexity index is 490. The van der Waals surface area contributed by atoms with Crippen LogP contribution in [0.2, 0.25) is 0 Å². The van der Waals surface area contributed by atoms with Crippen LogP contribution in [-0.4, -0.2) is 53.5 Å². The summed E-state index contributed by atoms with van der Waals surface area (Å²) < 4.78 is 0. The lowest BCUT2D eigenvalue weighted by atomic mass is 10.1. The highest BCUT2D eigenvalue weighted by atomic mass is 16.3. The number of hydrogen-bond acceptors (Lipinski definition) is 4. The Morgan fingerprint density at radius 3 is 3.00 bits per heavy atom. The van der Waals surface area contributed by atoms with Gasteiger partial charge in [-0.05, 0) is 38.1 Å². The van der Waals surface area contributed by atoms with Crippen molar-refractivity contribution < 1.29 is 9.90 Å². The van der Waals surface area contributed by atoms with E-state index in [0.29, 0.717) is 12.6 Å². The zero-order valence-corrected chi connectivity index (χ0v) is 12.2. The van der Waals surface area contributed by atoms with Gasteiger partial charge in [-0.3, -0.25) is 9.69 Å². The Hall–Kier alpha value is -1.75. The first-order valence-electron chi connectivity index (χ1n) is 7.11. The normalized spacial score (nSPS) is 19.2. The van der Waals surface area contributed by atoms with Crippen molar-refractivity contribution >= 4 is 11.6 Å². The minimum atomic E-state index is -0.183. The highest BCUT2D eigenvalue weighted by Gasteiger charge is 2.26. The number of likely N-dealkylation sites (N-methyl/N-ethyl adjacent to an activating group) is 2. The molecule has 0 aliphatic carbocycles. The molecule has 5 heteroatoms. The zero-order chi connectivity index (χ0) is 14.7. The maximum Gasteiger partial charge on any atom is 0.257 e. The monoisotopic (exact) mass is 277 g/mol. The third-order valence-electron chi connectivity index (χ3n) is 4.03. The molecule has 1 saturated heterocycles. The summed E-state index contributed by atoms with van der Waals surface area (Å²) in [6, 6.07) is 5.29. The van der Waals surface area contributed by atoms with E-state index in [4.69, 9.17) is 5.73 Å². The summed E-state index contributed by atoms with van der Waals surface area (Å²) in [5.74, 6) is -0.305. The Labute approximate surface area is 120 Å². The maximum atomic E-state index is 12.4. The molecule has 1 aromatic carbocycles. The summed E-state index contributed by atoms with van der Waals surface area (Å²) in [6.07, 6.45) is 2.30. The predicted molar refractivity (Wildman–Crippen MR) is 79.7 cm³/mol. The van der Waals surface area contributed by atoms with E-state index < -0.39 is 0 Å². The van der Waals surface area contributed by atoms with Crippen molar-refractivity contribution in [1.29, 1.82) is 0 Å². The average molecular weight is 277 g/mol. The molecule has 1 aliphatic heterocycles. The van der Waals surface area contributed by atoms with Crippen LogP contribution in [0.5, 0.6) is 5.75 Å². The number of amides is 1. The highest BCUT2D eigenvalue weighted by molar-refractivity contribution is 5.98. The Morgan fingerprint density at radius 1 is 1.55 bits per heavy atom.